The molecule has 2 rings (SSSR count). The topological polar surface area (TPSA) is 80.5 Å². The highest BCUT2D eigenvalue weighted by Crippen LogP contribution is 2.23. The van der Waals surface area contributed by atoms with E-state index >= 15 is 0 Å². The lowest BCUT2D eigenvalue weighted by atomic mass is 10.2. The normalized spacial score (nSPS) is 13.1. The number of rotatable bonds is 2. The van der Waals surface area contributed by atoms with E-state index in [1.165, 1.54) is 4.88 Å². The Morgan fingerprint density at radius 2 is 2.38 bits per heavy atom. The molecule has 0 spiro atoms. The molecule has 3 N–H and O–H groups in total. The minimum absolute atomic E-state index is 0.266. The third kappa shape index (κ3) is 1.58. The number of aryl methyl sites for hydroxylation is 1. The summed E-state index contributed by atoms with van der Waals surface area (Å²) in [4.78, 5) is 2.29. The third-order valence-corrected chi connectivity index (χ3v) is 2.79. The predicted molar refractivity (Wildman–Crippen MR) is 49.3 cm³/mol. The third-order valence-electron chi connectivity index (χ3n) is 1.71. The Kier molecular flexibility index (Phi) is 2.07. The van der Waals surface area contributed by atoms with Crippen molar-refractivity contribution in [2.75, 3.05) is 0 Å². The number of nitrogens with one attached hydrogen (secondary N) is 1. The molecule has 0 bridgehead atoms. The molecule has 0 fully saturated rings. The fraction of sp³-hybridized carbons (Fsp3) is 0.286. The Labute approximate surface area is 79.0 Å². The van der Waals surface area contributed by atoms with Crippen molar-refractivity contribution in [2.24, 2.45) is 5.73 Å². The van der Waals surface area contributed by atoms with E-state index in [2.05, 4.69) is 20.6 Å². The SMILES string of the molecule is Cc1ccc(C(N)c2nn[nH]n2)s1. The van der Waals surface area contributed by atoms with Crippen LogP contribution >= 0.6 is 11.3 Å². The zero-order valence-electron chi connectivity index (χ0n) is 7.06. The lowest BCUT2D eigenvalue weighted by Gasteiger charge is -2.01. The number of hydrogen-bond acceptors (Lipinski definition) is 5. The first-order valence-corrected chi connectivity index (χ1v) is 4.64. The van der Waals surface area contributed by atoms with Crippen LogP contribution in [0.4, 0.5) is 0 Å². The van der Waals surface area contributed by atoms with Crippen LogP contribution in [0.1, 0.15) is 21.6 Å². The monoisotopic (exact) mass is 195 g/mol. The van der Waals surface area contributed by atoms with Crippen molar-refractivity contribution in [3.8, 4) is 0 Å². The Morgan fingerprint density at radius 1 is 1.54 bits per heavy atom. The van der Waals surface area contributed by atoms with Crippen LogP contribution in [-0.2, 0) is 0 Å². The molecule has 0 radical (unpaired) electrons. The molecule has 2 aromatic heterocycles. The van der Waals surface area contributed by atoms with Gasteiger partial charge in [0.1, 0.15) is 6.04 Å². The van der Waals surface area contributed by atoms with Crippen molar-refractivity contribution in [1.29, 1.82) is 0 Å². The quantitative estimate of drug-likeness (QED) is 0.736. The van der Waals surface area contributed by atoms with Gasteiger partial charge in [0.2, 0.25) is 0 Å². The second-order valence-electron chi connectivity index (χ2n) is 2.70. The smallest absolute Gasteiger partial charge is 0.196 e. The van der Waals surface area contributed by atoms with Crippen LogP contribution < -0.4 is 5.73 Å². The average molecular weight is 195 g/mol. The van der Waals surface area contributed by atoms with Gasteiger partial charge >= 0.3 is 0 Å². The van der Waals surface area contributed by atoms with Crippen LogP contribution in [0.25, 0.3) is 0 Å². The summed E-state index contributed by atoms with van der Waals surface area (Å²) in [7, 11) is 0. The van der Waals surface area contributed by atoms with Gasteiger partial charge in [0, 0.05) is 9.75 Å². The van der Waals surface area contributed by atoms with E-state index in [9.17, 15) is 0 Å². The van der Waals surface area contributed by atoms with Crippen LogP contribution in [-0.4, -0.2) is 20.6 Å². The summed E-state index contributed by atoms with van der Waals surface area (Å²) in [6.07, 6.45) is 0. The molecule has 0 aliphatic carbocycles. The number of nitrogens with zero attached hydrogens (tertiary/aromatic N) is 3. The van der Waals surface area contributed by atoms with Crippen LogP contribution in [0.15, 0.2) is 12.1 Å². The zero-order valence-corrected chi connectivity index (χ0v) is 7.88. The molecule has 2 aromatic rings. The number of aromatic nitrogens is 4. The summed E-state index contributed by atoms with van der Waals surface area (Å²) in [6.45, 7) is 2.04. The van der Waals surface area contributed by atoms with E-state index < -0.39 is 0 Å². The molecule has 2 heterocycles. The van der Waals surface area contributed by atoms with Crippen LogP contribution in [0.2, 0.25) is 0 Å². The fourth-order valence-corrected chi connectivity index (χ4v) is 1.93. The lowest BCUT2D eigenvalue weighted by Crippen LogP contribution is -2.12. The summed E-state index contributed by atoms with van der Waals surface area (Å²) in [5.41, 5.74) is 5.90. The minimum Gasteiger partial charge on any atom is -0.317 e. The maximum atomic E-state index is 5.90. The largest absolute Gasteiger partial charge is 0.317 e. The summed E-state index contributed by atoms with van der Waals surface area (Å²) in [5.74, 6) is 0.529. The van der Waals surface area contributed by atoms with E-state index in [4.69, 9.17) is 5.73 Å². The summed E-state index contributed by atoms with van der Waals surface area (Å²) >= 11 is 1.65. The Hall–Kier alpha value is -1.27. The number of nitrogens with two attached hydrogens (primary N) is 1. The number of H-pyrrole nitrogens is 1. The first-order chi connectivity index (χ1) is 6.27. The number of aromatic amines is 1. The van der Waals surface area contributed by atoms with Crippen molar-refractivity contribution in [3.05, 3.63) is 27.7 Å². The van der Waals surface area contributed by atoms with Gasteiger partial charge in [0.05, 0.1) is 0 Å². The molecule has 6 heteroatoms. The second kappa shape index (κ2) is 3.23. The van der Waals surface area contributed by atoms with E-state index in [0.29, 0.717) is 5.82 Å². The molecular weight excluding hydrogens is 186 g/mol. The molecule has 0 aliphatic heterocycles. The molecular formula is C7H9N5S. The van der Waals surface area contributed by atoms with Crippen LogP contribution in [0.5, 0.6) is 0 Å². The van der Waals surface area contributed by atoms with E-state index in [1.54, 1.807) is 11.3 Å². The highest BCUT2D eigenvalue weighted by molar-refractivity contribution is 7.12. The van der Waals surface area contributed by atoms with Crippen molar-refractivity contribution >= 4 is 11.3 Å². The number of tetrazole rings is 1. The van der Waals surface area contributed by atoms with Gasteiger partial charge in [-0.3, -0.25) is 0 Å². The lowest BCUT2D eigenvalue weighted by molar-refractivity contribution is 0.800. The van der Waals surface area contributed by atoms with Gasteiger partial charge in [-0.1, -0.05) is 5.21 Å². The molecule has 5 nitrogen and oxygen atoms in total. The molecule has 0 amide bonds. The zero-order chi connectivity index (χ0) is 9.26. The van der Waals surface area contributed by atoms with Crippen LogP contribution in [0, 0.1) is 6.92 Å². The van der Waals surface area contributed by atoms with Gasteiger partial charge in [-0.25, -0.2) is 0 Å². The minimum atomic E-state index is -0.266. The molecule has 13 heavy (non-hydrogen) atoms. The van der Waals surface area contributed by atoms with E-state index in [1.807, 2.05) is 19.1 Å². The maximum Gasteiger partial charge on any atom is 0.196 e. The van der Waals surface area contributed by atoms with Gasteiger partial charge in [0.15, 0.2) is 5.82 Å². The Bertz CT molecular complexity index is 379. The molecule has 68 valence electrons. The highest BCUT2D eigenvalue weighted by atomic mass is 32.1. The fourth-order valence-electron chi connectivity index (χ4n) is 1.05. The van der Waals surface area contributed by atoms with Crippen LogP contribution in [0.3, 0.4) is 0 Å². The highest BCUT2D eigenvalue weighted by Gasteiger charge is 2.14. The van der Waals surface area contributed by atoms with Crippen molar-refractivity contribution in [2.45, 2.75) is 13.0 Å². The first-order valence-electron chi connectivity index (χ1n) is 3.82. The molecule has 0 aromatic carbocycles. The predicted octanol–water partition coefficient (Wildman–Crippen LogP) is 0.618. The average Bonchev–Trinajstić information content (AvgIpc) is 2.72. The number of hydrogen-bond donors (Lipinski definition) is 2. The number of thiophene rings is 1. The Balaban J connectivity index is 2.28. The summed E-state index contributed by atoms with van der Waals surface area (Å²) in [5, 5.41) is 13.5. The molecule has 1 unspecified atom stereocenters. The molecule has 0 saturated heterocycles. The second-order valence-corrected chi connectivity index (χ2v) is 4.02. The molecule has 0 aliphatic rings. The summed E-state index contributed by atoms with van der Waals surface area (Å²) in [6, 6.07) is 3.75. The molecule has 1 atom stereocenters. The summed E-state index contributed by atoms with van der Waals surface area (Å²) < 4.78 is 0. The van der Waals surface area contributed by atoms with Gasteiger partial charge in [-0.05, 0) is 19.1 Å². The maximum absolute atomic E-state index is 5.90. The van der Waals surface area contributed by atoms with Crippen molar-refractivity contribution in [3.63, 3.8) is 0 Å². The molecule has 0 saturated carbocycles. The van der Waals surface area contributed by atoms with Crippen molar-refractivity contribution < 1.29 is 0 Å². The standard InChI is InChI=1S/C7H9N5S/c1-4-2-3-5(13-4)6(8)7-9-11-12-10-7/h2-3,6H,8H2,1H3,(H,9,10,11,12). The Morgan fingerprint density at radius 3 is 2.92 bits per heavy atom. The first kappa shape index (κ1) is 8.33. The van der Waals surface area contributed by atoms with Gasteiger partial charge < -0.3 is 5.73 Å². The van der Waals surface area contributed by atoms with Crippen molar-refractivity contribution in [1.82, 2.24) is 20.6 Å². The van der Waals surface area contributed by atoms with Gasteiger partial charge in [0.25, 0.3) is 0 Å². The van der Waals surface area contributed by atoms with Gasteiger partial charge in [-0.2, -0.15) is 5.21 Å². The van der Waals surface area contributed by atoms with E-state index in [0.717, 1.165) is 4.88 Å². The van der Waals surface area contributed by atoms with Gasteiger partial charge in [-0.15, -0.1) is 21.5 Å². The van der Waals surface area contributed by atoms with E-state index in [-0.39, 0.29) is 6.04 Å².